The van der Waals surface area contributed by atoms with Crippen LogP contribution >= 0.6 is 22.9 Å². The molecule has 0 atom stereocenters. The quantitative estimate of drug-likeness (QED) is 0.486. The second-order valence-corrected chi connectivity index (χ2v) is 3.76. The fraction of sp³-hybridized carbons (Fsp3) is 0.667. The van der Waals surface area contributed by atoms with Crippen molar-refractivity contribution >= 4 is 28.8 Å². The molecule has 13 heavy (non-hydrogen) atoms. The molecule has 0 aliphatic carbocycles. The van der Waals surface area contributed by atoms with E-state index in [1.54, 1.807) is 6.08 Å². The Morgan fingerprint density at radius 2 is 2.08 bits per heavy atom. The van der Waals surface area contributed by atoms with Gasteiger partial charge in [0, 0.05) is 12.6 Å². The largest absolute Gasteiger partial charge is 0.300 e. The monoisotopic (exact) mass is 294 g/mol. The predicted octanol–water partition coefficient (Wildman–Crippen LogP) is 1.49. The molecule has 0 spiro atoms. The van der Waals surface area contributed by atoms with Crippen molar-refractivity contribution in [3.8, 4) is 0 Å². The van der Waals surface area contributed by atoms with Gasteiger partial charge in [0.1, 0.15) is 0 Å². The molecule has 0 saturated carbocycles. The van der Waals surface area contributed by atoms with E-state index in [-0.39, 0.29) is 5.91 Å². The van der Waals surface area contributed by atoms with E-state index < -0.39 is 0 Å². The Labute approximate surface area is 93.1 Å². The van der Waals surface area contributed by atoms with Crippen molar-refractivity contribution in [2.75, 3.05) is 19.6 Å². The maximum atomic E-state index is 10.8. The minimum absolute atomic E-state index is 0.0300. The first-order valence-electron chi connectivity index (χ1n) is 4.62. The van der Waals surface area contributed by atoms with Gasteiger partial charge in [0.05, 0.1) is 22.9 Å². The van der Waals surface area contributed by atoms with Gasteiger partial charge in [-0.15, -0.1) is 0 Å². The fourth-order valence-corrected chi connectivity index (χ4v) is 1.66. The zero-order chi connectivity index (χ0) is 9.52. The first-order chi connectivity index (χ1) is 6.33. The Hall–Kier alpha value is -0.100. The predicted molar refractivity (Wildman–Crippen MR) is 61.6 cm³/mol. The number of hydrogen-bond acceptors (Lipinski definition) is 2. The highest BCUT2D eigenvalue weighted by Gasteiger charge is 2.07. The summed E-state index contributed by atoms with van der Waals surface area (Å²) >= 11 is 1.84. The number of halogens is 1. The molecule has 1 aliphatic rings. The molecule has 3 nitrogen and oxygen atoms in total. The summed E-state index contributed by atoms with van der Waals surface area (Å²) in [6.45, 7) is 3.26. The van der Waals surface area contributed by atoms with Gasteiger partial charge in [0.2, 0.25) is 0 Å². The molecule has 0 bridgehead atoms. The van der Waals surface area contributed by atoms with Crippen molar-refractivity contribution in [1.82, 2.24) is 8.43 Å². The summed E-state index contributed by atoms with van der Waals surface area (Å²) in [5.41, 5.74) is 0. The molecule has 0 unspecified atom stereocenters. The average Bonchev–Trinajstić information content (AvgIpc) is 2.19. The molecule has 0 aromatic carbocycles. The molecule has 1 heterocycles. The molecule has 0 radical (unpaired) electrons. The molecule has 0 aromatic rings. The molecule has 1 rings (SSSR count). The third kappa shape index (κ3) is 4.61. The van der Waals surface area contributed by atoms with Crippen molar-refractivity contribution in [3.63, 3.8) is 0 Å². The van der Waals surface area contributed by atoms with Crippen LogP contribution in [0.25, 0.3) is 0 Å². The molecule has 1 amide bonds. The summed E-state index contributed by atoms with van der Waals surface area (Å²) in [6, 6.07) is 0. The van der Waals surface area contributed by atoms with E-state index in [1.807, 2.05) is 28.9 Å². The van der Waals surface area contributed by atoms with Gasteiger partial charge in [-0.25, -0.2) is 0 Å². The topological polar surface area (TPSA) is 32.3 Å². The van der Waals surface area contributed by atoms with Crippen LogP contribution in [0.4, 0.5) is 0 Å². The van der Waals surface area contributed by atoms with Crippen molar-refractivity contribution in [3.05, 3.63) is 12.2 Å². The smallest absolute Gasteiger partial charge is 0.252 e. The minimum atomic E-state index is -0.0300. The zero-order valence-corrected chi connectivity index (χ0v) is 9.79. The summed E-state index contributed by atoms with van der Waals surface area (Å²) < 4.78 is 2.53. The van der Waals surface area contributed by atoms with E-state index >= 15 is 0 Å². The second-order valence-electron chi connectivity index (χ2n) is 3.22. The molecule has 1 N–H and O–H groups in total. The number of amides is 1. The van der Waals surface area contributed by atoms with Gasteiger partial charge in [-0.05, 0) is 25.9 Å². The normalized spacial score (nSPS) is 19.2. The Morgan fingerprint density at radius 1 is 1.38 bits per heavy atom. The van der Waals surface area contributed by atoms with E-state index in [9.17, 15) is 4.79 Å². The van der Waals surface area contributed by atoms with Crippen LogP contribution in [0.3, 0.4) is 0 Å². The maximum Gasteiger partial charge on any atom is 0.252 e. The molecule has 0 aromatic heterocycles. The number of nitrogens with one attached hydrogen (secondary N) is 1. The Morgan fingerprint density at radius 3 is 2.69 bits per heavy atom. The van der Waals surface area contributed by atoms with Crippen molar-refractivity contribution in [2.45, 2.75) is 19.3 Å². The fourth-order valence-electron chi connectivity index (χ4n) is 1.48. The molecule has 1 aliphatic heterocycles. The molecule has 4 heteroatoms. The lowest BCUT2D eigenvalue weighted by Gasteiger charge is -2.24. The van der Waals surface area contributed by atoms with Crippen LogP contribution in [0.2, 0.25) is 0 Å². The number of carbonyl (C=O) groups is 1. The van der Waals surface area contributed by atoms with Gasteiger partial charge in [0.15, 0.2) is 0 Å². The number of likely N-dealkylation sites (tertiary alicyclic amines) is 1. The van der Waals surface area contributed by atoms with Crippen LogP contribution in [0, 0.1) is 0 Å². The number of rotatable bonds is 3. The summed E-state index contributed by atoms with van der Waals surface area (Å²) in [7, 11) is 0. The minimum Gasteiger partial charge on any atom is -0.300 e. The van der Waals surface area contributed by atoms with Crippen LogP contribution in [-0.2, 0) is 4.79 Å². The highest BCUT2D eigenvalue weighted by molar-refractivity contribution is 14.1. The van der Waals surface area contributed by atoms with Gasteiger partial charge in [0.25, 0.3) is 5.91 Å². The first-order valence-corrected chi connectivity index (χ1v) is 5.70. The lowest BCUT2D eigenvalue weighted by molar-refractivity contribution is -0.114. The van der Waals surface area contributed by atoms with Gasteiger partial charge < -0.3 is 0 Å². The highest BCUT2D eigenvalue weighted by atomic mass is 127. The Kier molecular flexibility index (Phi) is 5.38. The molecule has 1 saturated heterocycles. The third-order valence-electron chi connectivity index (χ3n) is 2.17. The van der Waals surface area contributed by atoms with E-state index in [1.165, 1.54) is 32.4 Å². The SMILES string of the molecule is O=C(/C=C/CN1CCCCC1)NI. The summed E-state index contributed by atoms with van der Waals surface area (Å²) in [4.78, 5) is 13.2. The lowest BCUT2D eigenvalue weighted by atomic mass is 10.1. The first kappa shape index (κ1) is 11.0. The van der Waals surface area contributed by atoms with Crippen molar-refractivity contribution < 1.29 is 4.79 Å². The van der Waals surface area contributed by atoms with Gasteiger partial charge in [-0.1, -0.05) is 12.5 Å². The number of hydrogen-bond donors (Lipinski definition) is 1. The number of carbonyl (C=O) groups excluding carboxylic acids is 1. The summed E-state index contributed by atoms with van der Waals surface area (Å²) in [6.07, 6.45) is 7.48. The summed E-state index contributed by atoms with van der Waals surface area (Å²) in [5.74, 6) is -0.0300. The molecule has 74 valence electrons. The second kappa shape index (κ2) is 6.37. The van der Waals surface area contributed by atoms with E-state index in [0.29, 0.717) is 0 Å². The van der Waals surface area contributed by atoms with E-state index in [4.69, 9.17) is 0 Å². The van der Waals surface area contributed by atoms with E-state index in [0.717, 1.165) is 6.54 Å². The molecular formula is C9H15IN2O. The van der Waals surface area contributed by atoms with E-state index in [2.05, 4.69) is 8.43 Å². The highest BCUT2D eigenvalue weighted by Crippen LogP contribution is 2.07. The average molecular weight is 294 g/mol. The van der Waals surface area contributed by atoms with Crippen molar-refractivity contribution in [1.29, 1.82) is 0 Å². The summed E-state index contributed by atoms with van der Waals surface area (Å²) in [5, 5.41) is 0. The Bertz CT molecular complexity index is 188. The lowest BCUT2D eigenvalue weighted by Crippen LogP contribution is -2.29. The van der Waals surface area contributed by atoms with Crippen LogP contribution in [-0.4, -0.2) is 30.4 Å². The van der Waals surface area contributed by atoms with Gasteiger partial charge in [-0.3, -0.25) is 13.2 Å². The van der Waals surface area contributed by atoms with Crippen LogP contribution < -0.4 is 3.53 Å². The van der Waals surface area contributed by atoms with Crippen LogP contribution in [0.15, 0.2) is 12.2 Å². The van der Waals surface area contributed by atoms with Gasteiger partial charge >= 0.3 is 0 Å². The number of piperidine rings is 1. The van der Waals surface area contributed by atoms with Crippen molar-refractivity contribution in [2.24, 2.45) is 0 Å². The Balaban J connectivity index is 2.16. The van der Waals surface area contributed by atoms with Gasteiger partial charge in [-0.2, -0.15) is 0 Å². The van der Waals surface area contributed by atoms with Crippen LogP contribution in [0.1, 0.15) is 19.3 Å². The zero-order valence-electron chi connectivity index (χ0n) is 7.63. The third-order valence-corrected chi connectivity index (χ3v) is 2.71. The standard InChI is InChI=1S/C9H15IN2O/c10-11-9(13)5-4-8-12-6-2-1-3-7-12/h4-5H,1-3,6-8H2,(H,11,13)/b5-4+. The molecular weight excluding hydrogens is 279 g/mol. The van der Waals surface area contributed by atoms with Crippen LogP contribution in [0.5, 0.6) is 0 Å². The molecule has 1 fully saturated rings. The number of nitrogens with zero attached hydrogens (tertiary/aromatic N) is 1. The maximum absolute atomic E-state index is 10.8.